The Balaban J connectivity index is 1.66. The monoisotopic (exact) mass is 452 g/mol. The summed E-state index contributed by atoms with van der Waals surface area (Å²) >= 11 is 1.54. The lowest BCUT2D eigenvalue weighted by molar-refractivity contribution is -0.133. The molecule has 0 aliphatic carbocycles. The number of nitrogens with zero attached hydrogens (tertiary/aromatic N) is 2. The number of morpholine rings is 1. The Morgan fingerprint density at radius 3 is 2.63 bits per heavy atom. The van der Waals surface area contributed by atoms with Gasteiger partial charge in [-0.25, -0.2) is 13.2 Å². The van der Waals surface area contributed by atoms with E-state index in [1.165, 1.54) is 21.3 Å². The highest BCUT2D eigenvalue weighted by molar-refractivity contribution is 7.89. The van der Waals surface area contributed by atoms with Crippen molar-refractivity contribution in [1.82, 2.24) is 9.21 Å². The lowest BCUT2D eigenvalue weighted by Crippen LogP contribution is -2.40. The number of ether oxygens (including phenoxy) is 2. The van der Waals surface area contributed by atoms with Crippen LogP contribution in [0.1, 0.15) is 21.5 Å². The molecule has 8 nitrogen and oxygen atoms in total. The average molecular weight is 453 g/mol. The summed E-state index contributed by atoms with van der Waals surface area (Å²) < 4.78 is 37.6. The molecule has 2 heterocycles. The van der Waals surface area contributed by atoms with E-state index in [1.807, 2.05) is 16.8 Å². The maximum absolute atomic E-state index is 12.9. The molecule has 162 valence electrons. The van der Waals surface area contributed by atoms with Gasteiger partial charge in [-0.15, -0.1) is 0 Å². The smallest absolute Gasteiger partial charge is 0.338 e. The van der Waals surface area contributed by atoms with Gasteiger partial charge in [-0.1, -0.05) is 6.07 Å². The molecule has 0 N–H and O–H groups in total. The van der Waals surface area contributed by atoms with Crippen LogP contribution in [0, 0.1) is 6.92 Å². The minimum absolute atomic E-state index is 0.0553. The van der Waals surface area contributed by atoms with Gasteiger partial charge in [0.25, 0.3) is 5.91 Å². The lowest BCUT2D eigenvalue weighted by Gasteiger charge is -2.26. The second-order valence-corrected chi connectivity index (χ2v) is 9.64. The summed E-state index contributed by atoms with van der Waals surface area (Å²) in [7, 11) is -2.12. The maximum Gasteiger partial charge on any atom is 0.338 e. The molecule has 1 saturated heterocycles. The number of aryl methyl sites for hydroxylation is 1. The fourth-order valence-electron chi connectivity index (χ4n) is 3.00. The lowest BCUT2D eigenvalue weighted by atomic mass is 10.1. The van der Waals surface area contributed by atoms with Gasteiger partial charge in [-0.2, -0.15) is 15.6 Å². The van der Waals surface area contributed by atoms with Gasteiger partial charge in [0.2, 0.25) is 10.0 Å². The number of likely N-dealkylation sites (N-methyl/N-ethyl adjacent to an activating group) is 1. The van der Waals surface area contributed by atoms with Gasteiger partial charge in [-0.3, -0.25) is 4.79 Å². The second kappa shape index (κ2) is 9.69. The molecule has 1 aliphatic heterocycles. The molecule has 2 aromatic rings. The summed E-state index contributed by atoms with van der Waals surface area (Å²) in [5.41, 5.74) is 1.61. The van der Waals surface area contributed by atoms with Crippen LogP contribution in [0.15, 0.2) is 39.9 Å². The third-order valence-electron chi connectivity index (χ3n) is 4.76. The van der Waals surface area contributed by atoms with Crippen molar-refractivity contribution in [3.63, 3.8) is 0 Å². The molecule has 1 aromatic carbocycles. The molecule has 0 unspecified atom stereocenters. The van der Waals surface area contributed by atoms with Crippen LogP contribution in [0.25, 0.3) is 0 Å². The predicted molar refractivity (Wildman–Crippen MR) is 112 cm³/mol. The molecule has 0 atom stereocenters. The zero-order chi connectivity index (χ0) is 21.7. The zero-order valence-corrected chi connectivity index (χ0v) is 18.5. The fourth-order valence-corrected chi connectivity index (χ4v) is 5.32. The van der Waals surface area contributed by atoms with Crippen LogP contribution in [0.2, 0.25) is 0 Å². The van der Waals surface area contributed by atoms with Crippen LogP contribution in [-0.4, -0.2) is 69.5 Å². The van der Waals surface area contributed by atoms with E-state index in [0.29, 0.717) is 25.3 Å². The number of hydrogen-bond donors (Lipinski definition) is 0. The van der Waals surface area contributed by atoms with Crippen LogP contribution in [0.4, 0.5) is 0 Å². The minimum atomic E-state index is -3.75. The van der Waals surface area contributed by atoms with Crippen molar-refractivity contribution < 1.29 is 27.5 Å². The van der Waals surface area contributed by atoms with Gasteiger partial charge < -0.3 is 14.4 Å². The summed E-state index contributed by atoms with van der Waals surface area (Å²) in [4.78, 5) is 26.2. The van der Waals surface area contributed by atoms with Gasteiger partial charge >= 0.3 is 5.97 Å². The summed E-state index contributed by atoms with van der Waals surface area (Å²) in [6, 6.07) is 6.29. The number of sulfonamides is 1. The first-order valence-corrected chi connectivity index (χ1v) is 11.8. The molecule has 1 amide bonds. The number of carbonyl (C=O) groups excluding carboxylic acids is 2. The summed E-state index contributed by atoms with van der Waals surface area (Å²) in [6.45, 7) is 2.88. The van der Waals surface area contributed by atoms with E-state index in [0.717, 1.165) is 5.56 Å². The van der Waals surface area contributed by atoms with E-state index < -0.39 is 22.6 Å². The first-order valence-electron chi connectivity index (χ1n) is 9.40. The van der Waals surface area contributed by atoms with Gasteiger partial charge in [0.1, 0.15) is 0 Å². The minimum Gasteiger partial charge on any atom is -0.452 e. The van der Waals surface area contributed by atoms with Crippen molar-refractivity contribution in [2.24, 2.45) is 0 Å². The number of rotatable bonds is 7. The highest BCUT2D eigenvalue weighted by Crippen LogP contribution is 2.22. The van der Waals surface area contributed by atoms with Crippen molar-refractivity contribution in [1.29, 1.82) is 0 Å². The Labute approximate surface area is 180 Å². The second-order valence-electron chi connectivity index (χ2n) is 6.95. The van der Waals surface area contributed by atoms with Crippen molar-refractivity contribution in [2.75, 3.05) is 40.0 Å². The number of amides is 1. The van der Waals surface area contributed by atoms with Gasteiger partial charge in [0.15, 0.2) is 6.61 Å². The Hall–Kier alpha value is -2.27. The first-order chi connectivity index (χ1) is 14.3. The topological polar surface area (TPSA) is 93.2 Å². The fraction of sp³-hybridized carbons (Fsp3) is 0.400. The van der Waals surface area contributed by atoms with Crippen LogP contribution >= 0.6 is 11.3 Å². The first kappa shape index (κ1) is 22.4. The van der Waals surface area contributed by atoms with E-state index in [4.69, 9.17) is 9.47 Å². The van der Waals surface area contributed by atoms with Crippen LogP contribution in [0.5, 0.6) is 0 Å². The molecule has 1 aromatic heterocycles. The molecule has 1 aliphatic rings. The summed E-state index contributed by atoms with van der Waals surface area (Å²) in [6.07, 6.45) is 0. The SMILES string of the molecule is Cc1ccc(C(=O)OCC(=O)N(C)Cc2ccsc2)cc1S(=O)(=O)N1CCOCC1. The number of hydrogen-bond acceptors (Lipinski definition) is 7. The van der Waals surface area contributed by atoms with Crippen molar-refractivity contribution in [3.8, 4) is 0 Å². The molecular formula is C20H24N2O6S2. The van der Waals surface area contributed by atoms with E-state index in [2.05, 4.69) is 0 Å². The van der Waals surface area contributed by atoms with Gasteiger partial charge in [0.05, 0.1) is 23.7 Å². The maximum atomic E-state index is 12.9. The molecule has 1 fully saturated rings. The van der Waals surface area contributed by atoms with Gasteiger partial charge in [0, 0.05) is 26.7 Å². The quantitative estimate of drug-likeness (QED) is 0.596. The highest BCUT2D eigenvalue weighted by Gasteiger charge is 2.28. The van der Waals surface area contributed by atoms with Crippen LogP contribution in [0.3, 0.4) is 0 Å². The van der Waals surface area contributed by atoms with Crippen LogP contribution < -0.4 is 0 Å². The molecule has 0 spiro atoms. The zero-order valence-electron chi connectivity index (χ0n) is 16.9. The number of carbonyl (C=O) groups is 2. The van der Waals surface area contributed by atoms with E-state index in [1.54, 1.807) is 31.4 Å². The molecule has 3 rings (SSSR count). The van der Waals surface area contributed by atoms with E-state index in [-0.39, 0.29) is 29.5 Å². The number of thiophene rings is 1. The Bertz CT molecular complexity index is 998. The van der Waals surface area contributed by atoms with E-state index in [9.17, 15) is 18.0 Å². The number of esters is 1. The Morgan fingerprint density at radius 2 is 1.97 bits per heavy atom. The van der Waals surface area contributed by atoms with Crippen molar-refractivity contribution >= 4 is 33.2 Å². The standard InChI is InChI=1S/C20H24N2O6S2/c1-15-3-4-17(11-18(15)30(25,26)22-6-8-27-9-7-22)20(24)28-13-19(23)21(2)12-16-5-10-29-14-16/h3-5,10-11,14H,6-9,12-13H2,1-2H3. The molecule has 0 radical (unpaired) electrons. The molecule has 0 saturated carbocycles. The predicted octanol–water partition coefficient (Wildman–Crippen LogP) is 1.89. The van der Waals surface area contributed by atoms with Crippen molar-refractivity contribution in [2.45, 2.75) is 18.4 Å². The largest absolute Gasteiger partial charge is 0.452 e. The average Bonchev–Trinajstić information content (AvgIpc) is 3.25. The molecule has 0 bridgehead atoms. The Morgan fingerprint density at radius 1 is 1.23 bits per heavy atom. The van der Waals surface area contributed by atoms with Gasteiger partial charge in [-0.05, 0) is 47.0 Å². The van der Waals surface area contributed by atoms with E-state index >= 15 is 0 Å². The summed E-state index contributed by atoms with van der Waals surface area (Å²) in [5.74, 6) is -1.09. The third-order valence-corrected chi connectivity index (χ3v) is 7.54. The van der Waals surface area contributed by atoms with Crippen LogP contribution in [-0.2, 0) is 30.8 Å². The normalized spacial score (nSPS) is 15.0. The third kappa shape index (κ3) is 5.25. The molecular weight excluding hydrogens is 428 g/mol. The van der Waals surface area contributed by atoms with Crippen molar-refractivity contribution in [3.05, 3.63) is 51.7 Å². The summed E-state index contributed by atoms with van der Waals surface area (Å²) in [5, 5.41) is 3.87. The molecule has 30 heavy (non-hydrogen) atoms. The highest BCUT2D eigenvalue weighted by atomic mass is 32.2. The Kier molecular flexibility index (Phi) is 7.24. The number of benzene rings is 1. The molecule has 10 heteroatoms.